The first-order chi connectivity index (χ1) is 15.1. The van der Waals surface area contributed by atoms with Crippen molar-refractivity contribution in [2.75, 3.05) is 13.1 Å². The topological polar surface area (TPSA) is 94.1 Å². The largest absolute Gasteiger partial charge is 0.494 e. The van der Waals surface area contributed by atoms with Gasteiger partial charge in [0, 0.05) is 29.7 Å². The minimum absolute atomic E-state index is 0.209. The molecular weight excluding hydrogens is 392 g/mol. The first kappa shape index (κ1) is 21.4. The fourth-order valence-electron chi connectivity index (χ4n) is 4.86. The zero-order valence-corrected chi connectivity index (χ0v) is 18.4. The fraction of sp³-hybridized carbons (Fsp3) is 0.500. The molecule has 0 fully saturated rings. The summed E-state index contributed by atoms with van der Waals surface area (Å²) in [6.07, 6.45) is 6.07. The molecule has 7 heteroatoms. The molecule has 0 radical (unpaired) electrons. The van der Waals surface area contributed by atoms with Crippen molar-refractivity contribution in [2.24, 2.45) is 0 Å². The van der Waals surface area contributed by atoms with Gasteiger partial charge in [0.25, 0.3) is 5.56 Å². The van der Waals surface area contributed by atoms with Gasteiger partial charge in [0.1, 0.15) is 5.56 Å². The number of fused-ring (bicyclic) bond motifs is 3. The Morgan fingerprint density at radius 3 is 2.61 bits per heavy atom. The summed E-state index contributed by atoms with van der Waals surface area (Å²) in [5.41, 5.74) is 2.33. The summed E-state index contributed by atoms with van der Waals surface area (Å²) in [5.74, 6) is -0.209. The second-order valence-corrected chi connectivity index (χ2v) is 8.41. The van der Waals surface area contributed by atoms with Crippen LogP contribution in [0.2, 0.25) is 0 Å². The molecule has 1 aromatic carbocycles. The van der Waals surface area contributed by atoms with Crippen molar-refractivity contribution in [1.82, 2.24) is 19.4 Å². The predicted molar refractivity (Wildman–Crippen MR) is 123 cm³/mol. The molecular formula is C24H32N4O3. The number of nitrogens with zero attached hydrogens (tertiary/aromatic N) is 2. The average molecular weight is 425 g/mol. The minimum atomic E-state index is -0.544. The first-order valence-electron chi connectivity index (χ1n) is 11.5. The van der Waals surface area contributed by atoms with Crippen LogP contribution in [0.3, 0.4) is 0 Å². The molecule has 3 aromatic rings. The van der Waals surface area contributed by atoms with E-state index in [1.807, 2.05) is 18.2 Å². The Hall–Kier alpha value is -2.80. The van der Waals surface area contributed by atoms with Crippen LogP contribution in [0.4, 0.5) is 0 Å². The van der Waals surface area contributed by atoms with E-state index in [0.717, 1.165) is 68.2 Å². The van der Waals surface area contributed by atoms with Crippen molar-refractivity contribution in [3.63, 3.8) is 0 Å². The molecule has 7 nitrogen and oxygen atoms in total. The molecule has 0 aliphatic carbocycles. The van der Waals surface area contributed by atoms with E-state index >= 15 is 0 Å². The van der Waals surface area contributed by atoms with E-state index < -0.39 is 17.3 Å². The number of hydrogen-bond acceptors (Lipinski definition) is 4. The molecule has 3 N–H and O–H groups in total. The summed E-state index contributed by atoms with van der Waals surface area (Å²) in [6, 6.07) is 7.70. The van der Waals surface area contributed by atoms with Crippen LogP contribution in [-0.4, -0.2) is 37.6 Å². The number of aromatic hydroxyl groups is 1. The van der Waals surface area contributed by atoms with Gasteiger partial charge >= 0.3 is 5.69 Å². The van der Waals surface area contributed by atoms with Crippen LogP contribution >= 0.6 is 0 Å². The number of unbranched alkanes of at least 4 members (excludes halogenated alkanes) is 4. The summed E-state index contributed by atoms with van der Waals surface area (Å²) < 4.78 is 1.33. The quantitative estimate of drug-likeness (QED) is 0.481. The molecule has 0 amide bonds. The van der Waals surface area contributed by atoms with Gasteiger partial charge in [0.15, 0.2) is 0 Å². The van der Waals surface area contributed by atoms with Crippen molar-refractivity contribution in [3.8, 4) is 5.88 Å². The average Bonchev–Trinajstić information content (AvgIpc) is 3.14. The number of nitrogens with one attached hydrogen (secondary N) is 2. The molecule has 1 aliphatic heterocycles. The highest BCUT2D eigenvalue weighted by molar-refractivity contribution is 5.85. The normalized spacial score (nSPS) is 16.6. The smallest absolute Gasteiger partial charge is 0.331 e. The van der Waals surface area contributed by atoms with Gasteiger partial charge in [0.05, 0.1) is 6.04 Å². The molecule has 1 aliphatic rings. The van der Waals surface area contributed by atoms with Gasteiger partial charge in [-0.25, -0.2) is 4.79 Å². The van der Waals surface area contributed by atoms with Crippen molar-refractivity contribution < 1.29 is 5.11 Å². The minimum Gasteiger partial charge on any atom is -0.494 e. The number of benzene rings is 1. The van der Waals surface area contributed by atoms with Crippen molar-refractivity contribution in [2.45, 2.75) is 65.0 Å². The molecule has 0 bridgehead atoms. The van der Waals surface area contributed by atoms with E-state index in [-0.39, 0.29) is 11.4 Å². The number of aromatic amines is 2. The van der Waals surface area contributed by atoms with Gasteiger partial charge in [-0.05, 0) is 31.0 Å². The Morgan fingerprint density at radius 2 is 1.84 bits per heavy atom. The summed E-state index contributed by atoms with van der Waals surface area (Å²) in [7, 11) is 0. The zero-order chi connectivity index (χ0) is 22.0. The van der Waals surface area contributed by atoms with Crippen LogP contribution in [0.5, 0.6) is 5.88 Å². The third kappa shape index (κ3) is 3.94. The lowest BCUT2D eigenvalue weighted by atomic mass is 9.93. The van der Waals surface area contributed by atoms with Crippen molar-refractivity contribution in [1.29, 1.82) is 0 Å². The second kappa shape index (κ2) is 9.14. The van der Waals surface area contributed by atoms with Crippen molar-refractivity contribution >= 4 is 10.9 Å². The van der Waals surface area contributed by atoms with Crippen LogP contribution in [0.25, 0.3) is 10.9 Å². The van der Waals surface area contributed by atoms with E-state index in [1.54, 1.807) is 0 Å². The summed E-state index contributed by atoms with van der Waals surface area (Å²) in [6.45, 7) is 6.12. The van der Waals surface area contributed by atoms with E-state index in [1.165, 1.54) is 10.1 Å². The Labute approximate surface area is 181 Å². The van der Waals surface area contributed by atoms with E-state index in [2.05, 4.69) is 34.8 Å². The number of H-pyrrole nitrogens is 2. The zero-order valence-electron chi connectivity index (χ0n) is 18.4. The number of aromatic nitrogens is 3. The lowest BCUT2D eigenvalue weighted by Crippen LogP contribution is -2.41. The molecule has 2 aromatic heterocycles. The monoisotopic (exact) mass is 424 g/mol. The molecule has 31 heavy (non-hydrogen) atoms. The van der Waals surface area contributed by atoms with E-state index in [0.29, 0.717) is 6.54 Å². The fourth-order valence-corrected chi connectivity index (χ4v) is 4.86. The van der Waals surface area contributed by atoms with Crippen LogP contribution in [-0.2, 0) is 13.0 Å². The lowest BCUT2D eigenvalue weighted by Gasteiger charge is -2.35. The highest BCUT2D eigenvalue weighted by Gasteiger charge is 2.35. The van der Waals surface area contributed by atoms with Gasteiger partial charge in [0.2, 0.25) is 5.88 Å². The highest BCUT2D eigenvalue weighted by atomic mass is 16.3. The highest BCUT2D eigenvalue weighted by Crippen LogP contribution is 2.39. The number of rotatable bonds is 8. The van der Waals surface area contributed by atoms with Gasteiger partial charge in [-0.1, -0.05) is 57.7 Å². The first-order valence-corrected chi connectivity index (χ1v) is 11.5. The van der Waals surface area contributed by atoms with Gasteiger partial charge in [-0.3, -0.25) is 19.2 Å². The van der Waals surface area contributed by atoms with Crippen LogP contribution in [0, 0.1) is 0 Å². The van der Waals surface area contributed by atoms with Crippen LogP contribution in [0.15, 0.2) is 33.9 Å². The van der Waals surface area contributed by atoms with Crippen molar-refractivity contribution in [3.05, 3.63) is 61.9 Å². The molecule has 1 atom stereocenters. The maximum Gasteiger partial charge on any atom is 0.331 e. The standard InChI is InChI=1S/C24H32N4O3/c1-3-5-6-7-10-14-28-23(30)19(22(29)26-24(28)31)21-20-17(13-15-27(21)4-2)16-11-8-9-12-18(16)25-20/h8-9,11-12,21,25,30H,3-7,10,13-15H2,1-2H3,(H,26,29,31). The molecule has 4 rings (SSSR count). The molecule has 0 spiro atoms. The molecule has 0 saturated heterocycles. The molecule has 1 unspecified atom stereocenters. The maximum atomic E-state index is 12.9. The molecule has 166 valence electrons. The summed E-state index contributed by atoms with van der Waals surface area (Å²) >= 11 is 0. The van der Waals surface area contributed by atoms with Gasteiger partial charge in [-0.2, -0.15) is 0 Å². The van der Waals surface area contributed by atoms with E-state index in [4.69, 9.17) is 0 Å². The second-order valence-electron chi connectivity index (χ2n) is 8.41. The lowest BCUT2D eigenvalue weighted by molar-refractivity contribution is 0.214. The number of hydrogen-bond donors (Lipinski definition) is 3. The summed E-state index contributed by atoms with van der Waals surface area (Å²) in [4.78, 5) is 33.6. The SMILES string of the molecule is CCCCCCCn1c(O)c(C2c3[nH]c4ccccc4c3CCN2CC)c(=O)[nH]c1=O. The molecule has 0 saturated carbocycles. The van der Waals surface area contributed by atoms with Gasteiger partial charge < -0.3 is 10.1 Å². The number of likely N-dealkylation sites (N-methyl/N-ethyl adjacent to an activating group) is 1. The third-order valence-electron chi connectivity index (χ3n) is 6.51. The summed E-state index contributed by atoms with van der Waals surface area (Å²) in [5, 5.41) is 12.3. The Bertz CT molecular complexity index is 1170. The number of para-hydroxylation sites is 1. The Balaban J connectivity index is 1.78. The Morgan fingerprint density at radius 1 is 1.06 bits per heavy atom. The third-order valence-corrected chi connectivity index (χ3v) is 6.51. The van der Waals surface area contributed by atoms with Crippen LogP contribution < -0.4 is 11.2 Å². The van der Waals surface area contributed by atoms with Crippen LogP contribution in [0.1, 0.15) is 68.8 Å². The molecule has 3 heterocycles. The van der Waals surface area contributed by atoms with Gasteiger partial charge in [-0.15, -0.1) is 0 Å². The Kier molecular flexibility index (Phi) is 6.32. The van der Waals surface area contributed by atoms with E-state index in [9.17, 15) is 14.7 Å². The maximum absolute atomic E-state index is 12.9. The predicted octanol–water partition coefficient (Wildman–Crippen LogP) is 3.66.